The van der Waals surface area contributed by atoms with Crippen LogP contribution in [-0.4, -0.2) is 31.9 Å². The summed E-state index contributed by atoms with van der Waals surface area (Å²) in [5.41, 5.74) is 1.61. The monoisotopic (exact) mass is 376 g/mol. The minimum Gasteiger partial charge on any atom is -0.417 e. The van der Waals surface area contributed by atoms with E-state index in [1.54, 1.807) is 0 Å². The van der Waals surface area contributed by atoms with Crippen molar-refractivity contribution in [2.24, 2.45) is 28.6 Å². The second kappa shape index (κ2) is 6.28. The van der Waals surface area contributed by atoms with Crippen molar-refractivity contribution in [3.63, 3.8) is 0 Å². The maximum Gasteiger partial charge on any atom is 0.183 e. The predicted octanol–water partition coefficient (Wildman–Crippen LogP) is 4.71. The molecular weight excluding hydrogens is 340 g/mol. The summed E-state index contributed by atoms with van der Waals surface area (Å²) in [6.45, 7) is 9.97. The third kappa shape index (κ3) is 2.87. The Morgan fingerprint density at radius 1 is 1.12 bits per heavy atom. The van der Waals surface area contributed by atoms with Crippen molar-refractivity contribution in [1.82, 2.24) is 0 Å². The zero-order valence-electron chi connectivity index (χ0n) is 17.0. The van der Waals surface area contributed by atoms with Crippen LogP contribution in [0, 0.1) is 28.6 Å². The van der Waals surface area contributed by atoms with E-state index in [4.69, 9.17) is 4.43 Å². The summed E-state index contributed by atoms with van der Waals surface area (Å²) in [6.07, 6.45) is 10.3. The second-order valence-electron chi connectivity index (χ2n) is 10.7. The molecule has 4 aliphatic carbocycles. The maximum absolute atomic E-state index is 12.2. The SMILES string of the molecule is C[C@]12CC[C@H]3[C@@H](CCC4=CC(=O)CC[C@@]43CO[Si](C)(C)C)[C@@H]1CC[C@@H]2O. The van der Waals surface area contributed by atoms with Crippen LogP contribution in [0.15, 0.2) is 11.6 Å². The number of fused-ring (bicyclic) bond motifs is 5. The highest BCUT2D eigenvalue weighted by Crippen LogP contribution is 2.65. The van der Waals surface area contributed by atoms with Crippen molar-refractivity contribution in [3.8, 4) is 0 Å². The van der Waals surface area contributed by atoms with E-state index in [-0.39, 0.29) is 16.9 Å². The lowest BCUT2D eigenvalue weighted by atomic mass is 9.47. The molecule has 0 spiro atoms. The van der Waals surface area contributed by atoms with Crippen LogP contribution in [0.2, 0.25) is 19.6 Å². The van der Waals surface area contributed by atoms with Gasteiger partial charge >= 0.3 is 0 Å². The summed E-state index contributed by atoms with van der Waals surface area (Å²) < 4.78 is 6.51. The summed E-state index contributed by atoms with van der Waals surface area (Å²) >= 11 is 0. The van der Waals surface area contributed by atoms with Crippen molar-refractivity contribution in [2.75, 3.05) is 6.61 Å². The standard InChI is InChI=1S/C22H36O3Si/c1-21-11-10-19-17(18(21)7-8-20(21)24)6-5-15-13-16(23)9-12-22(15,19)14-25-26(2,3)4/h13,17-20,24H,5-12,14H2,1-4H3/t17-,18-,19-,20-,21-,22+/m0/s1. The van der Waals surface area contributed by atoms with Crippen LogP contribution < -0.4 is 0 Å². The number of carbonyl (C=O) groups excluding carboxylic acids is 1. The van der Waals surface area contributed by atoms with Gasteiger partial charge in [0.2, 0.25) is 0 Å². The van der Waals surface area contributed by atoms with E-state index in [0.29, 0.717) is 30.0 Å². The summed E-state index contributed by atoms with van der Waals surface area (Å²) in [7, 11) is -1.60. The highest BCUT2D eigenvalue weighted by Gasteiger charge is 2.60. The number of rotatable bonds is 3. The molecule has 6 atom stereocenters. The molecule has 0 saturated heterocycles. The lowest BCUT2D eigenvalue weighted by molar-refractivity contribution is -0.119. The topological polar surface area (TPSA) is 46.5 Å². The van der Waals surface area contributed by atoms with Crippen molar-refractivity contribution in [3.05, 3.63) is 11.6 Å². The number of aliphatic hydroxyl groups excluding tert-OH is 1. The van der Waals surface area contributed by atoms with Gasteiger partial charge in [0.1, 0.15) is 0 Å². The van der Waals surface area contributed by atoms with Crippen molar-refractivity contribution >= 4 is 14.1 Å². The average Bonchev–Trinajstić information content (AvgIpc) is 2.88. The van der Waals surface area contributed by atoms with E-state index >= 15 is 0 Å². The minimum absolute atomic E-state index is 0.0893. The van der Waals surface area contributed by atoms with Gasteiger partial charge in [0.15, 0.2) is 14.1 Å². The van der Waals surface area contributed by atoms with Gasteiger partial charge < -0.3 is 9.53 Å². The fraction of sp³-hybridized carbons (Fsp3) is 0.864. The van der Waals surface area contributed by atoms with Gasteiger partial charge in [0, 0.05) is 18.4 Å². The molecule has 0 heterocycles. The molecule has 0 aromatic heterocycles. The molecule has 4 heteroatoms. The minimum atomic E-state index is -1.60. The van der Waals surface area contributed by atoms with E-state index in [1.165, 1.54) is 24.8 Å². The maximum atomic E-state index is 12.2. The van der Waals surface area contributed by atoms with Gasteiger partial charge in [-0.25, -0.2) is 0 Å². The molecule has 0 aromatic carbocycles. The molecular formula is C22H36O3Si. The van der Waals surface area contributed by atoms with Crippen molar-refractivity contribution in [2.45, 2.75) is 84.0 Å². The smallest absolute Gasteiger partial charge is 0.183 e. The van der Waals surface area contributed by atoms with Gasteiger partial charge in [-0.05, 0) is 93.8 Å². The number of aliphatic hydroxyl groups is 1. The van der Waals surface area contributed by atoms with Crippen LogP contribution in [-0.2, 0) is 9.22 Å². The van der Waals surface area contributed by atoms with E-state index in [9.17, 15) is 9.90 Å². The molecule has 0 aliphatic heterocycles. The highest BCUT2D eigenvalue weighted by molar-refractivity contribution is 6.69. The lowest BCUT2D eigenvalue weighted by Gasteiger charge is -2.59. The Bertz CT molecular complexity index is 621. The molecule has 0 aromatic rings. The largest absolute Gasteiger partial charge is 0.417 e. The summed E-state index contributed by atoms with van der Waals surface area (Å²) in [4.78, 5) is 12.2. The molecule has 1 N–H and O–H groups in total. The number of ketones is 1. The van der Waals surface area contributed by atoms with E-state index < -0.39 is 8.32 Å². The van der Waals surface area contributed by atoms with E-state index in [0.717, 1.165) is 32.3 Å². The van der Waals surface area contributed by atoms with Crippen LogP contribution >= 0.6 is 0 Å². The fourth-order valence-corrected chi connectivity index (χ4v) is 7.64. The molecule has 3 nitrogen and oxygen atoms in total. The van der Waals surface area contributed by atoms with Crippen LogP contribution in [0.4, 0.5) is 0 Å². The zero-order chi connectivity index (χ0) is 18.7. The van der Waals surface area contributed by atoms with Gasteiger partial charge in [0.05, 0.1) is 6.10 Å². The van der Waals surface area contributed by atoms with Crippen LogP contribution in [0.5, 0.6) is 0 Å². The van der Waals surface area contributed by atoms with Gasteiger partial charge in [-0.3, -0.25) is 4.79 Å². The Balaban J connectivity index is 1.68. The highest BCUT2D eigenvalue weighted by atomic mass is 28.4. The summed E-state index contributed by atoms with van der Waals surface area (Å²) in [5.74, 6) is 2.30. The molecule has 26 heavy (non-hydrogen) atoms. The first kappa shape index (κ1) is 18.9. The molecule has 3 fully saturated rings. The lowest BCUT2D eigenvalue weighted by Crippen LogP contribution is -2.54. The summed E-state index contributed by atoms with van der Waals surface area (Å²) in [5, 5.41) is 10.6. The molecule has 0 radical (unpaired) electrons. The number of hydrogen-bond donors (Lipinski definition) is 1. The Hall–Kier alpha value is -0.453. The molecule has 4 rings (SSSR count). The molecule has 0 amide bonds. The van der Waals surface area contributed by atoms with Gasteiger partial charge in [0.25, 0.3) is 0 Å². The van der Waals surface area contributed by atoms with Crippen molar-refractivity contribution in [1.29, 1.82) is 0 Å². The Kier molecular flexibility index (Phi) is 4.56. The van der Waals surface area contributed by atoms with Crippen LogP contribution in [0.3, 0.4) is 0 Å². The fourth-order valence-electron chi connectivity index (χ4n) is 6.95. The molecule has 4 aliphatic rings. The first-order valence-corrected chi connectivity index (χ1v) is 14.1. The molecule has 0 unspecified atom stereocenters. The van der Waals surface area contributed by atoms with Gasteiger partial charge in [-0.15, -0.1) is 0 Å². The molecule has 3 saturated carbocycles. The average molecular weight is 377 g/mol. The quantitative estimate of drug-likeness (QED) is 0.726. The summed E-state index contributed by atoms with van der Waals surface area (Å²) in [6, 6.07) is 0. The number of carbonyl (C=O) groups is 1. The van der Waals surface area contributed by atoms with Gasteiger partial charge in [-0.2, -0.15) is 0 Å². The first-order valence-electron chi connectivity index (χ1n) is 10.7. The van der Waals surface area contributed by atoms with Crippen molar-refractivity contribution < 1.29 is 14.3 Å². The zero-order valence-corrected chi connectivity index (χ0v) is 18.0. The Morgan fingerprint density at radius 3 is 2.62 bits per heavy atom. The van der Waals surface area contributed by atoms with Gasteiger partial charge in [-0.1, -0.05) is 12.5 Å². The Morgan fingerprint density at radius 2 is 1.88 bits per heavy atom. The van der Waals surface area contributed by atoms with Crippen LogP contribution in [0.25, 0.3) is 0 Å². The van der Waals surface area contributed by atoms with E-state index in [1.807, 2.05) is 6.08 Å². The normalized spacial score (nSPS) is 45.6. The first-order chi connectivity index (χ1) is 12.2. The third-order valence-electron chi connectivity index (χ3n) is 8.40. The van der Waals surface area contributed by atoms with E-state index in [2.05, 4.69) is 26.6 Å². The second-order valence-corrected chi connectivity index (χ2v) is 15.3. The molecule has 146 valence electrons. The third-order valence-corrected chi connectivity index (χ3v) is 9.41. The molecule has 0 bridgehead atoms. The van der Waals surface area contributed by atoms with Crippen LogP contribution in [0.1, 0.15) is 58.3 Å². The predicted molar refractivity (Wildman–Crippen MR) is 106 cm³/mol. The Labute approximate surface area is 159 Å². The number of hydrogen-bond acceptors (Lipinski definition) is 3.